The molecule has 3 aromatic rings. The van der Waals surface area contributed by atoms with E-state index >= 15 is 0 Å². The first-order valence-electron chi connectivity index (χ1n) is 8.59. The molecule has 2 amide bonds. The van der Waals surface area contributed by atoms with Gasteiger partial charge in [-0.05, 0) is 31.2 Å². The summed E-state index contributed by atoms with van der Waals surface area (Å²) in [7, 11) is 0. The predicted molar refractivity (Wildman–Crippen MR) is 102 cm³/mol. The number of hydrogen-bond acceptors (Lipinski definition) is 4. The van der Waals surface area contributed by atoms with Crippen LogP contribution in [0, 0.1) is 0 Å². The molecule has 0 aliphatic carbocycles. The van der Waals surface area contributed by atoms with Crippen molar-refractivity contribution in [3.8, 4) is 11.3 Å². The van der Waals surface area contributed by atoms with E-state index in [2.05, 4.69) is 35.8 Å². The third-order valence-corrected chi connectivity index (χ3v) is 4.18. The molecule has 9 heteroatoms. The monoisotopic (exact) mass is 367 g/mol. The van der Waals surface area contributed by atoms with Gasteiger partial charge in [-0.1, -0.05) is 6.08 Å². The van der Waals surface area contributed by atoms with Gasteiger partial charge in [-0.25, -0.2) is 14.2 Å². The fourth-order valence-electron chi connectivity index (χ4n) is 3.00. The second-order valence-electron chi connectivity index (χ2n) is 6.02. The summed E-state index contributed by atoms with van der Waals surface area (Å²) in [5.41, 5.74) is 3.70. The smallest absolute Gasteiger partial charge is 0.321 e. The van der Waals surface area contributed by atoms with Crippen molar-refractivity contribution < 1.29 is 9.18 Å². The van der Waals surface area contributed by atoms with Gasteiger partial charge in [0.1, 0.15) is 0 Å². The van der Waals surface area contributed by atoms with Gasteiger partial charge in [0.2, 0.25) is 5.95 Å². The number of carbonyl (C=O) groups is 1. The lowest BCUT2D eigenvalue weighted by atomic mass is 9.98. The molecule has 4 N–H and O–H groups in total. The molecule has 27 heavy (non-hydrogen) atoms. The number of imidazole rings is 1. The van der Waals surface area contributed by atoms with E-state index in [0.29, 0.717) is 35.4 Å². The van der Waals surface area contributed by atoms with Gasteiger partial charge in [0, 0.05) is 23.9 Å². The lowest BCUT2D eigenvalue weighted by Gasteiger charge is -2.13. The maximum absolute atomic E-state index is 14.5. The Bertz CT molecular complexity index is 1040. The number of amides is 2. The van der Waals surface area contributed by atoms with E-state index < -0.39 is 6.17 Å². The molecule has 4 rings (SSSR count). The molecule has 2 aromatic heterocycles. The largest absolute Gasteiger partial charge is 0.338 e. The number of halogens is 1. The number of aromatic nitrogens is 4. The predicted octanol–water partition coefficient (Wildman–Crippen LogP) is 2.79. The van der Waals surface area contributed by atoms with Crippen LogP contribution in [0.1, 0.15) is 12.5 Å². The van der Waals surface area contributed by atoms with E-state index in [-0.39, 0.29) is 12.0 Å². The molecule has 3 heterocycles. The molecule has 1 aliphatic rings. The third-order valence-electron chi connectivity index (χ3n) is 4.18. The lowest BCUT2D eigenvalue weighted by molar-refractivity contribution is 0.252. The summed E-state index contributed by atoms with van der Waals surface area (Å²) in [5, 5.41) is 12.2. The minimum Gasteiger partial charge on any atom is -0.338 e. The quantitative estimate of drug-likeness (QED) is 0.532. The van der Waals surface area contributed by atoms with E-state index in [1.165, 1.54) is 6.08 Å². The zero-order valence-corrected chi connectivity index (χ0v) is 14.6. The average Bonchev–Trinajstić information content (AvgIpc) is 3.31. The number of urea groups is 1. The van der Waals surface area contributed by atoms with Crippen LogP contribution in [0.25, 0.3) is 22.3 Å². The molecule has 0 radical (unpaired) electrons. The van der Waals surface area contributed by atoms with E-state index in [0.717, 1.165) is 11.3 Å². The van der Waals surface area contributed by atoms with Crippen molar-refractivity contribution in [3.05, 3.63) is 42.1 Å². The van der Waals surface area contributed by atoms with Gasteiger partial charge in [-0.15, -0.1) is 0 Å². The maximum Gasteiger partial charge on any atom is 0.321 e. The highest BCUT2D eigenvalue weighted by molar-refractivity contribution is 6.14. The highest BCUT2D eigenvalue weighted by atomic mass is 19.1. The Morgan fingerprint density at radius 2 is 2.30 bits per heavy atom. The number of aromatic amines is 2. The van der Waals surface area contributed by atoms with Crippen LogP contribution >= 0.6 is 0 Å². The average molecular weight is 367 g/mol. The second kappa shape index (κ2) is 7.02. The summed E-state index contributed by atoms with van der Waals surface area (Å²) in [6, 6.07) is 5.16. The van der Waals surface area contributed by atoms with Crippen molar-refractivity contribution in [1.82, 2.24) is 25.5 Å². The number of anilines is 1. The van der Waals surface area contributed by atoms with Crippen molar-refractivity contribution in [2.45, 2.75) is 13.1 Å². The van der Waals surface area contributed by atoms with Gasteiger partial charge in [0.25, 0.3) is 0 Å². The van der Waals surface area contributed by atoms with E-state index in [1.807, 2.05) is 25.1 Å². The number of benzene rings is 1. The van der Waals surface area contributed by atoms with Gasteiger partial charge in [0.05, 0.1) is 29.0 Å². The van der Waals surface area contributed by atoms with E-state index in [9.17, 15) is 9.18 Å². The second-order valence-corrected chi connectivity index (χ2v) is 6.02. The number of nitrogens with one attached hydrogen (secondary N) is 4. The summed E-state index contributed by atoms with van der Waals surface area (Å²) in [4.78, 5) is 23.6. The first kappa shape index (κ1) is 17.0. The van der Waals surface area contributed by atoms with Crippen LogP contribution < -0.4 is 10.6 Å². The van der Waals surface area contributed by atoms with Crippen molar-refractivity contribution in [2.24, 2.45) is 4.99 Å². The molecule has 0 bridgehead atoms. The fraction of sp³-hybridized carbons (Fsp3) is 0.222. The fourth-order valence-corrected chi connectivity index (χ4v) is 3.00. The van der Waals surface area contributed by atoms with Crippen LogP contribution in [0.4, 0.5) is 15.1 Å². The number of nitrogens with zero attached hydrogens (tertiary/aromatic N) is 3. The molecule has 0 saturated carbocycles. The Morgan fingerprint density at radius 1 is 1.41 bits per heavy atom. The standard InChI is InChI=1S/C18H18FN7O/c1-2-20-18(27)25-17-23-14-9-10(13-5-7-22-26-13)8-11(16(14)24-17)15-12(19)4-3-6-21-15/h3-5,7-9,12H,2,6H2,1H3,(H,22,26)(H3,20,23,24,25,27). The molecule has 1 aromatic carbocycles. The Hall–Kier alpha value is -3.49. The first-order chi connectivity index (χ1) is 13.2. The summed E-state index contributed by atoms with van der Waals surface area (Å²) < 4.78 is 14.5. The first-order valence-corrected chi connectivity index (χ1v) is 8.59. The summed E-state index contributed by atoms with van der Waals surface area (Å²) in [5.74, 6) is 0.279. The number of H-pyrrole nitrogens is 2. The van der Waals surface area contributed by atoms with Crippen molar-refractivity contribution in [3.63, 3.8) is 0 Å². The number of alkyl halides is 1. The lowest BCUT2D eigenvalue weighted by Crippen LogP contribution is -2.28. The number of rotatable bonds is 4. The molecule has 1 atom stereocenters. The Kier molecular flexibility index (Phi) is 4.41. The number of allylic oxidation sites excluding steroid dienone is 1. The topological polar surface area (TPSA) is 111 Å². The SMILES string of the molecule is CCNC(=O)Nc1nc2c(C3=NCC=CC3F)cc(-c3ccn[nH]3)cc2[nH]1. The molecule has 1 unspecified atom stereocenters. The van der Waals surface area contributed by atoms with Gasteiger partial charge < -0.3 is 10.3 Å². The number of aliphatic imine (C=N–C) groups is 1. The normalized spacial score (nSPS) is 16.4. The van der Waals surface area contributed by atoms with Crippen LogP contribution in [-0.4, -0.2) is 51.2 Å². The Morgan fingerprint density at radius 3 is 3.04 bits per heavy atom. The number of hydrogen-bond donors (Lipinski definition) is 4. The van der Waals surface area contributed by atoms with Gasteiger partial charge >= 0.3 is 6.03 Å². The number of carbonyl (C=O) groups excluding carboxylic acids is 1. The van der Waals surface area contributed by atoms with Crippen LogP contribution in [0.2, 0.25) is 0 Å². The molecule has 0 saturated heterocycles. The minimum atomic E-state index is -1.31. The van der Waals surface area contributed by atoms with E-state index in [1.54, 1.807) is 12.3 Å². The molecular weight excluding hydrogens is 349 g/mol. The zero-order chi connectivity index (χ0) is 18.8. The summed E-state index contributed by atoms with van der Waals surface area (Å²) in [6.45, 7) is 2.73. The van der Waals surface area contributed by atoms with Crippen molar-refractivity contribution in [2.75, 3.05) is 18.4 Å². The molecule has 0 spiro atoms. The third kappa shape index (κ3) is 3.31. The zero-order valence-electron chi connectivity index (χ0n) is 14.6. The molecule has 138 valence electrons. The molecule has 8 nitrogen and oxygen atoms in total. The Labute approximate surface area is 154 Å². The number of fused-ring (bicyclic) bond motifs is 1. The van der Waals surface area contributed by atoms with E-state index in [4.69, 9.17) is 0 Å². The van der Waals surface area contributed by atoms with Crippen LogP contribution in [-0.2, 0) is 0 Å². The summed E-state index contributed by atoms with van der Waals surface area (Å²) in [6.07, 6.45) is 3.51. The van der Waals surface area contributed by atoms with Gasteiger partial charge in [-0.2, -0.15) is 5.10 Å². The van der Waals surface area contributed by atoms with Crippen molar-refractivity contribution >= 4 is 28.7 Å². The van der Waals surface area contributed by atoms with Gasteiger partial charge in [0.15, 0.2) is 6.17 Å². The number of dihydropyridines is 1. The van der Waals surface area contributed by atoms with Crippen molar-refractivity contribution in [1.29, 1.82) is 0 Å². The maximum atomic E-state index is 14.5. The highest BCUT2D eigenvalue weighted by Crippen LogP contribution is 2.29. The minimum absolute atomic E-state index is 0.279. The van der Waals surface area contributed by atoms with Gasteiger partial charge in [-0.3, -0.25) is 15.4 Å². The Balaban J connectivity index is 1.84. The summed E-state index contributed by atoms with van der Waals surface area (Å²) >= 11 is 0. The van der Waals surface area contributed by atoms with Crippen LogP contribution in [0.3, 0.4) is 0 Å². The van der Waals surface area contributed by atoms with Crippen LogP contribution in [0.5, 0.6) is 0 Å². The molecule has 0 fully saturated rings. The molecular formula is C18H18FN7O. The van der Waals surface area contributed by atoms with Crippen LogP contribution in [0.15, 0.2) is 41.5 Å². The molecule has 1 aliphatic heterocycles. The highest BCUT2D eigenvalue weighted by Gasteiger charge is 2.22.